The van der Waals surface area contributed by atoms with Crippen LogP contribution in [0, 0.1) is 13.8 Å². The minimum atomic E-state index is -0.750. The Balaban J connectivity index is 2.89. The van der Waals surface area contributed by atoms with Crippen LogP contribution in [0.3, 0.4) is 0 Å². The zero-order valence-electron chi connectivity index (χ0n) is 11.8. The zero-order chi connectivity index (χ0) is 15.3. The lowest BCUT2D eigenvalue weighted by Crippen LogP contribution is -2.41. The summed E-state index contributed by atoms with van der Waals surface area (Å²) in [6, 6.07) is 4.79. The van der Waals surface area contributed by atoms with Gasteiger partial charge in [-0.05, 0) is 30.5 Å². The van der Waals surface area contributed by atoms with Gasteiger partial charge < -0.3 is 10.1 Å². The highest BCUT2D eigenvalue weighted by Crippen LogP contribution is 2.13. The van der Waals surface area contributed by atoms with E-state index in [1.165, 1.54) is 7.11 Å². The van der Waals surface area contributed by atoms with Crippen molar-refractivity contribution < 1.29 is 14.3 Å². The molecule has 0 aromatic heterocycles. The molecule has 1 amide bonds. The Bertz CT molecular complexity index is 520. The van der Waals surface area contributed by atoms with Crippen LogP contribution < -0.4 is 5.32 Å². The fourth-order valence-electron chi connectivity index (χ4n) is 1.90. The highest BCUT2D eigenvalue weighted by molar-refractivity contribution is 9.11. The van der Waals surface area contributed by atoms with Gasteiger partial charge in [-0.2, -0.15) is 0 Å². The van der Waals surface area contributed by atoms with Crippen LogP contribution in [-0.2, 0) is 9.53 Å². The third kappa shape index (κ3) is 4.81. The van der Waals surface area contributed by atoms with E-state index in [1.807, 2.05) is 19.9 Å². The molecule has 4 nitrogen and oxygen atoms in total. The smallest absolute Gasteiger partial charge is 0.328 e. The highest BCUT2D eigenvalue weighted by atomic mass is 79.9. The summed E-state index contributed by atoms with van der Waals surface area (Å²) in [7, 11) is 1.29. The number of aryl methyl sites for hydroxylation is 2. The maximum atomic E-state index is 12.2. The second kappa shape index (κ2) is 7.24. The standard InChI is InChI=1S/C15H18BrNO3/c1-9-5-10(2)7-12(6-9)14(18)17-13(8-11(3)16)15(19)20-4/h5-7,13H,3,8H2,1-2,4H3,(H,17,18)/t13-/m1/s1. The molecule has 1 N–H and O–H groups in total. The van der Waals surface area contributed by atoms with Gasteiger partial charge in [-0.25, -0.2) is 4.79 Å². The van der Waals surface area contributed by atoms with E-state index in [-0.39, 0.29) is 12.3 Å². The number of carbonyl (C=O) groups is 2. The summed E-state index contributed by atoms with van der Waals surface area (Å²) in [5.74, 6) is -0.802. The molecule has 0 aliphatic heterocycles. The molecular weight excluding hydrogens is 322 g/mol. The lowest BCUT2D eigenvalue weighted by atomic mass is 10.1. The molecule has 0 heterocycles. The minimum absolute atomic E-state index is 0.281. The number of esters is 1. The zero-order valence-corrected chi connectivity index (χ0v) is 13.4. The largest absolute Gasteiger partial charge is 0.467 e. The van der Waals surface area contributed by atoms with Crippen LogP contribution in [0.2, 0.25) is 0 Å². The van der Waals surface area contributed by atoms with Gasteiger partial charge in [0.05, 0.1) is 7.11 Å². The molecule has 0 saturated heterocycles. The Labute approximate surface area is 127 Å². The van der Waals surface area contributed by atoms with Crippen LogP contribution in [-0.4, -0.2) is 25.0 Å². The predicted molar refractivity (Wildman–Crippen MR) is 81.9 cm³/mol. The Morgan fingerprint density at radius 3 is 2.30 bits per heavy atom. The number of halogens is 1. The van der Waals surface area contributed by atoms with E-state index in [4.69, 9.17) is 0 Å². The molecule has 0 unspecified atom stereocenters. The molecular formula is C15H18BrNO3. The van der Waals surface area contributed by atoms with E-state index >= 15 is 0 Å². The Morgan fingerprint density at radius 2 is 1.85 bits per heavy atom. The van der Waals surface area contributed by atoms with Gasteiger partial charge in [0.25, 0.3) is 5.91 Å². The van der Waals surface area contributed by atoms with Crippen molar-refractivity contribution in [3.63, 3.8) is 0 Å². The van der Waals surface area contributed by atoms with Gasteiger partial charge in [0.1, 0.15) is 6.04 Å². The van der Waals surface area contributed by atoms with E-state index in [0.717, 1.165) is 11.1 Å². The second-order valence-electron chi connectivity index (χ2n) is 4.65. The summed E-state index contributed by atoms with van der Waals surface area (Å²) >= 11 is 3.19. The number of ether oxygens (including phenoxy) is 1. The third-order valence-electron chi connectivity index (χ3n) is 2.70. The molecule has 1 atom stereocenters. The van der Waals surface area contributed by atoms with E-state index in [2.05, 4.69) is 32.6 Å². The van der Waals surface area contributed by atoms with E-state index < -0.39 is 12.0 Å². The van der Waals surface area contributed by atoms with Gasteiger partial charge in [0, 0.05) is 12.0 Å². The van der Waals surface area contributed by atoms with Crippen LogP contribution in [0.1, 0.15) is 27.9 Å². The van der Waals surface area contributed by atoms with Crippen LogP contribution in [0.5, 0.6) is 0 Å². The second-order valence-corrected chi connectivity index (χ2v) is 5.77. The maximum absolute atomic E-state index is 12.2. The van der Waals surface area contributed by atoms with Crippen molar-refractivity contribution in [1.29, 1.82) is 0 Å². The van der Waals surface area contributed by atoms with Gasteiger partial charge in [0.15, 0.2) is 0 Å². The molecule has 20 heavy (non-hydrogen) atoms. The lowest BCUT2D eigenvalue weighted by Gasteiger charge is -2.16. The van der Waals surface area contributed by atoms with E-state index in [9.17, 15) is 9.59 Å². The fraction of sp³-hybridized carbons (Fsp3) is 0.333. The first-order chi connectivity index (χ1) is 9.33. The van der Waals surface area contributed by atoms with Crippen molar-refractivity contribution in [3.8, 4) is 0 Å². The molecule has 0 aliphatic rings. The summed E-state index contributed by atoms with van der Waals surface area (Å²) in [4.78, 5) is 23.8. The van der Waals surface area contributed by atoms with Crippen LogP contribution in [0.25, 0.3) is 0 Å². The Kier molecular flexibility index (Phi) is 5.95. The predicted octanol–water partition coefficient (Wildman–Crippen LogP) is 2.87. The molecule has 5 heteroatoms. The number of benzene rings is 1. The van der Waals surface area contributed by atoms with Gasteiger partial charge in [-0.1, -0.05) is 39.7 Å². The normalized spacial score (nSPS) is 11.6. The number of carbonyl (C=O) groups excluding carboxylic acids is 2. The molecule has 1 aromatic carbocycles. The number of rotatable bonds is 5. The fourth-order valence-corrected chi connectivity index (χ4v) is 2.23. The van der Waals surface area contributed by atoms with Gasteiger partial charge >= 0.3 is 5.97 Å². The summed E-state index contributed by atoms with van der Waals surface area (Å²) < 4.78 is 5.30. The molecule has 0 aliphatic carbocycles. The Morgan fingerprint density at radius 1 is 1.30 bits per heavy atom. The molecule has 0 spiro atoms. The molecule has 1 aromatic rings. The van der Waals surface area contributed by atoms with Gasteiger partial charge in [0.2, 0.25) is 0 Å². The van der Waals surface area contributed by atoms with Gasteiger partial charge in [-0.15, -0.1) is 0 Å². The van der Waals surface area contributed by atoms with Crippen molar-refractivity contribution in [2.24, 2.45) is 0 Å². The Hall–Kier alpha value is -1.62. The van der Waals surface area contributed by atoms with Crippen molar-refractivity contribution in [2.75, 3.05) is 7.11 Å². The SMILES string of the molecule is C=C(Br)C[C@@H](NC(=O)c1cc(C)cc(C)c1)C(=O)OC. The monoisotopic (exact) mass is 339 g/mol. The summed E-state index contributed by atoms with van der Waals surface area (Å²) in [5.41, 5.74) is 2.51. The average Bonchev–Trinajstić information content (AvgIpc) is 2.35. The number of methoxy groups -OCH3 is 1. The molecule has 0 radical (unpaired) electrons. The first kappa shape index (κ1) is 16.4. The quantitative estimate of drug-likeness (QED) is 0.839. The summed E-state index contributed by atoms with van der Waals surface area (Å²) in [5, 5.41) is 2.67. The number of amides is 1. The topological polar surface area (TPSA) is 55.4 Å². The molecule has 0 saturated carbocycles. The molecule has 0 fully saturated rings. The van der Waals surface area contributed by atoms with Crippen molar-refractivity contribution in [3.05, 3.63) is 46.0 Å². The number of nitrogens with one attached hydrogen (secondary N) is 1. The van der Waals surface area contributed by atoms with Crippen LogP contribution in [0.4, 0.5) is 0 Å². The highest BCUT2D eigenvalue weighted by Gasteiger charge is 2.22. The average molecular weight is 340 g/mol. The first-order valence-corrected chi connectivity index (χ1v) is 6.93. The van der Waals surface area contributed by atoms with Crippen molar-refractivity contribution >= 4 is 27.8 Å². The first-order valence-electron chi connectivity index (χ1n) is 6.13. The van der Waals surface area contributed by atoms with Crippen LogP contribution >= 0.6 is 15.9 Å². The minimum Gasteiger partial charge on any atom is -0.467 e. The van der Waals surface area contributed by atoms with E-state index in [0.29, 0.717) is 10.0 Å². The maximum Gasteiger partial charge on any atom is 0.328 e. The van der Waals surface area contributed by atoms with Crippen molar-refractivity contribution in [1.82, 2.24) is 5.32 Å². The molecule has 1 rings (SSSR count). The molecule has 108 valence electrons. The van der Waals surface area contributed by atoms with Gasteiger partial charge in [-0.3, -0.25) is 4.79 Å². The van der Waals surface area contributed by atoms with Crippen molar-refractivity contribution in [2.45, 2.75) is 26.3 Å². The lowest BCUT2D eigenvalue weighted by molar-refractivity contribution is -0.142. The number of hydrogen-bond donors (Lipinski definition) is 1. The van der Waals surface area contributed by atoms with E-state index in [1.54, 1.807) is 12.1 Å². The summed E-state index contributed by atoms with van der Waals surface area (Å²) in [6.07, 6.45) is 0.281. The van der Waals surface area contributed by atoms with Crippen LogP contribution in [0.15, 0.2) is 29.3 Å². The third-order valence-corrected chi connectivity index (χ3v) is 3.02. The molecule has 0 bridgehead atoms. The summed E-state index contributed by atoms with van der Waals surface area (Å²) in [6.45, 7) is 7.51. The number of hydrogen-bond acceptors (Lipinski definition) is 3.